The van der Waals surface area contributed by atoms with Gasteiger partial charge in [0.25, 0.3) is 0 Å². The van der Waals surface area contributed by atoms with Crippen LogP contribution in [0.5, 0.6) is 0 Å². The maximum Gasteiger partial charge on any atom is 1.00 e. The van der Waals surface area contributed by atoms with Crippen LogP contribution in [-0.4, -0.2) is 34.6 Å². The van der Waals surface area contributed by atoms with E-state index < -0.39 is 6.10 Å². The molecule has 0 aromatic rings. The summed E-state index contributed by atoms with van der Waals surface area (Å²) in [4.78, 5) is 0. The number of rotatable bonds is 2. The molecule has 0 rings (SSSR count). The fraction of sp³-hybridized carbons (Fsp3) is 1.00. The van der Waals surface area contributed by atoms with Gasteiger partial charge in [0, 0.05) is 0 Å². The van der Waals surface area contributed by atoms with Gasteiger partial charge >= 0.3 is 29.6 Å². The SMILES string of the molecule is OCC(O)CO.[Br-].[Na+]. The number of aliphatic hydroxyl groups is 3. The van der Waals surface area contributed by atoms with E-state index in [-0.39, 0.29) is 59.8 Å². The van der Waals surface area contributed by atoms with Gasteiger partial charge in [0.05, 0.1) is 13.2 Å². The fourth-order valence-electron chi connectivity index (χ4n) is 0.0577. The molecular formula is C3H8BrNaO3. The van der Waals surface area contributed by atoms with Gasteiger partial charge in [-0.2, -0.15) is 0 Å². The van der Waals surface area contributed by atoms with Gasteiger partial charge in [-0.25, -0.2) is 0 Å². The van der Waals surface area contributed by atoms with Crippen LogP contribution in [0.25, 0.3) is 0 Å². The van der Waals surface area contributed by atoms with Crippen LogP contribution in [0.1, 0.15) is 0 Å². The van der Waals surface area contributed by atoms with Crippen LogP contribution in [0, 0.1) is 0 Å². The van der Waals surface area contributed by atoms with Gasteiger partial charge < -0.3 is 32.3 Å². The Bertz CT molecular complexity index is 33.7. The van der Waals surface area contributed by atoms with E-state index in [4.69, 9.17) is 15.3 Å². The summed E-state index contributed by atoms with van der Waals surface area (Å²) in [6.07, 6.45) is -0.954. The predicted octanol–water partition coefficient (Wildman–Crippen LogP) is -7.66. The van der Waals surface area contributed by atoms with Crippen molar-refractivity contribution in [3.8, 4) is 0 Å². The number of hydrogen-bond acceptors (Lipinski definition) is 3. The van der Waals surface area contributed by atoms with Crippen LogP contribution in [0.15, 0.2) is 0 Å². The summed E-state index contributed by atoms with van der Waals surface area (Å²) in [5.41, 5.74) is 0. The molecule has 0 aromatic carbocycles. The van der Waals surface area contributed by atoms with Crippen LogP contribution in [0.3, 0.4) is 0 Å². The Morgan fingerprint density at radius 3 is 1.38 bits per heavy atom. The summed E-state index contributed by atoms with van der Waals surface area (Å²) in [7, 11) is 0. The van der Waals surface area contributed by atoms with Crippen molar-refractivity contribution < 1.29 is 61.9 Å². The molecule has 8 heavy (non-hydrogen) atoms. The molecule has 0 amide bonds. The van der Waals surface area contributed by atoms with Crippen molar-refractivity contribution in [2.45, 2.75) is 6.10 Å². The summed E-state index contributed by atoms with van der Waals surface area (Å²) >= 11 is 0. The van der Waals surface area contributed by atoms with Gasteiger partial charge in [-0.05, 0) is 0 Å². The molecule has 3 nitrogen and oxygen atoms in total. The van der Waals surface area contributed by atoms with E-state index in [0.29, 0.717) is 0 Å². The molecule has 0 aliphatic rings. The van der Waals surface area contributed by atoms with E-state index in [1.54, 1.807) is 0 Å². The zero-order chi connectivity index (χ0) is 4.99. The van der Waals surface area contributed by atoms with Crippen LogP contribution in [-0.2, 0) is 0 Å². The Labute approximate surface area is 80.8 Å². The van der Waals surface area contributed by atoms with Crippen molar-refractivity contribution >= 4 is 0 Å². The van der Waals surface area contributed by atoms with Crippen molar-refractivity contribution in [3.05, 3.63) is 0 Å². The second-order valence-corrected chi connectivity index (χ2v) is 1.02. The Balaban J connectivity index is -0.000000125. The van der Waals surface area contributed by atoms with Crippen LogP contribution < -0.4 is 46.5 Å². The molecule has 3 N–H and O–H groups in total. The van der Waals surface area contributed by atoms with E-state index in [2.05, 4.69) is 0 Å². The Morgan fingerprint density at radius 1 is 1.12 bits per heavy atom. The summed E-state index contributed by atoms with van der Waals surface area (Å²) in [6.45, 7) is -0.729. The summed E-state index contributed by atoms with van der Waals surface area (Å²) < 4.78 is 0. The van der Waals surface area contributed by atoms with Crippen LogP contribution in [0.2, 0.25) is 0 Å². The smallest absolute Gasteiger partial charge is 1.00 e. The largest absolute Gasteiger partial charge is 1.00 e. The second kappa shape index (κ2) is 11.2. The molecule has 0 fully saturated rings. The van der Waals surface area contributed by atoms with Gasteiger partial charge in [0.2, 0.25) is 0 Å². The molecule has 0 aliphatic heterocycles. The van der Waals surface area contributed by atoms with Crippen molar-refractivity contribution in [2.24, 2.45) is 0 Å². The molecule has 0 radical (unpaired) electrons. The van der Waals surface area contributed by atoms with Gasteiger partial charge in [-0.15, -0.1) is 0 Å². The average molecular weight is 195 g/mol. The molecule has 0 bridgehead atoms. The predicted molar refractivity (Wildman–Crippen MR) is 20.2 cm³/mol. The standard InChI is InChI=1S/C3H8O3.BrH.Na/c4-1-3(6)2-5;;/h3-6H,1-2H2;1H;/q;;+1/p-1. The normalized spacial score (nSPS) is 7.50. The molecule has 0 saturated carbocycles. The fourth-order valence-corrected chi connectivity index (χ4v) is 0.0577. The Hall–Kier alpha value is 1.36. The molecule has 5 heteroatoms. The molecule has 0 atom stereocenters. The molecule has 46 valence electrons. The molecule has 0 spiro atoms. The first-order valence-electron chi connectivity index (χ1n) is 1.71. The Morgan fingerprint density at radius 2 is 1.38 bits per heavy atom. The van der Waals surface area contributed by atoms with Crippen LogP contribution in [0.4, 0.5) is 0 Å². The van der Waals surface area contributed by atoms with Crippen molar-refractivity contribution in [1.82, 2.24) is 0 Å². The molecule has 0 unspecified atom stereocenters. The quantitative estimate of drug-likeness (QED) is 0.383. The topological polar surface area (TPSA) is 60.7 Å². The molecule has 0 aromatic heterocycles. The molecule has 0 saturated heterocycles. The number of aliphatic hydroxyl groups excluding tert-OH is 3. The zero-order valence-corrected chi connectivity index (χ0v) is 8.30. The van der Waals surface area contributed by atoms with E-state index in [9.17, 15) is 0 Å². The third kappa shape index (κ3) is 10.4. The average Bonchev–Trinajstić information content (AvgIpc) is 1.65. The first-order valence-corrected chi connectivity index (χ1v) is 1.71. The second-order valence-electron chi connectivity index (χ2n) is 1.02. The van der Waals surface area contributed by atoms with E-state index >= 15 is 0 Å². The minimum atomic E-state index is -0.954. The Kier molecular flexibility index (Phi) is 22.6. The minimum Gasteiger partial charge on any atom is -1.00 e. The minimum absolute atomic E-state index is 0. The van der Waals surface area contributed by atoms with Gasteiger partial charge in [-0.3, -0.25) is 0 Å². The summed E-state index contributed by atoms with van der Waals surface area (Å²) in [5.74, 6) is 0. The first-order chi connectivity index (χ1) is 2.81. The maximum absolute atomic E-state index is 8.17. The number of hydrogen-bond donors (Lipinski definition) is 3. The molecule has 0 aliphatic carbocycles. The monoisotopic (exact) mass is 194 g/mol. The van der Waals surface area contributed by atoms with E-state index in [1.165, 1.54) is 0 Å². The number of halogens is 1. The van der Waals surface area contributed by atoms with E-state index in [0.717, 1.165) is 0 Å². The summed E-state index contributed by atoms with van der Waals surface area (Å²) in [6, 6.07) is 0. The van der Waals surface area contributed by atoms with Crippen molar-refractivity contribution in [3.63, 3.8) is 0 Å². The van der Waals surface area contributed by atoms with Gasteiger partial charge in [0.15, 0.2) is 0 Å². The zero-order valence-electron chi connectivity index (χ0n) is 4.71. The first kappa shape index (κ1) is 16.2. The molecular weight excluding hydrogens is 187 g/mol. The maximum atomic E-state index is 8.17. The molecule has 0 heterocycles. The van der Waals surface area contributed by atoms with Crippen molar-refractivity contribution in [2.75, 3.05) is 13.2 Å². The van der Waals surface area contributed by atoms with Gasteiger partial charge in [-0.1, -0.05) is 0 Å². The van der Waals surface area contributed by atoms with E-state index in [1.807, 2.05) is 0 Å². The van der Waals surface area contributed by atoms with Crippen LogP contribution >= 0.6 is 0 Å². The summed E-state index contributed by atoms with van der Waals surface area (Å²) in [5, 5.41) is 24.0. The third-order valence-electron chi connectivity index (χ3n) is 0.421. The van der Waals surface area contributed by atoms with Gasteiger partial charge in [0.1, 0.15) is 6.10 Å². The van der Waals surface area contributed by atoms with Crippen molar-refractivity contribution in [1.29, 1.82) is 0 Å². The third-order valence-corrected chi connectivity index (χ3v) is 0.421.